The quantitative estimate of drug-likeness (QED) is 0.753. The fraction of sp³-hybridized carbons (Fsp3) is 0.200. The molecule has 0 saturated heterocycles. The summed E-state index contributed by atoms with van der Waals surface area (Å²) in [6.07, 6.45) is 0. The van der Waals surface area contributed by atoms with Crippen molar-refractivity contribution in [1.82, 2.24) is 0 Å². The summed E-state index contributed by atoms with van der Waals surface area (Å²) in [5.41, 5.74) is 4.37. The zero-order chi connectivity index (χ0) is 11.4. The Labute approximate surface area is 104 Å². The van der Waals surface area contributed by atoms with Crippen LogP contribution in [0.1, 0.15) is 16.7 Å². The Kier molecular flexibility index (Phi) is 3.85. The van der Waals surface area contributed by atoms with Gasteiger partial charge in [-0.3, -0.25) is 0 Å². The second kappa shape index (κ2) is 5.36. The molecule has 0 saturated carbocycles. The zero-order valence-electron chi connectivity index (χ0n) is 9.77. The first-order valence-electron chi connectivity index (χ1n) is 5.55. The van der Waals surface area contributed by atoms with Gasteiger partial charge in [0.2, 0.25) is 0 Å². The Balaban J connectivity index is 2.09. The van der Waals surface area contributed by atoms with Gasteiger partial charge in [0, 0.05) is 0 Å². The summed E-state index contributed by atoms with van der Waals surface area (Å²) in [5, 5.41) is 1.23. The van der Waals surface area contributed by atoms with Crippen LogP contribution in [-0.4, -0.2) is 15.8 Å². The van der Waals surface area contributed by atoms with Crippen molar-refractivity contribution in [3.8, 4) is 0 Å². The number of aryl methyl sites for hydroxylation is 2. The molecule has 16 heavy (non-hydrogen) atoms. The summed E-state index contributed by atoms with van der Waals surface area (Å²) in [4.78, 5) is 0. The predicted octanol–water partition coefficient (Wildman–Crippen LogP) is 2.83. The molecule has 0 aromatic heterocycles. The molecule has 0 aliphatic rings. The van der Waals surface area contributed by atoms with E-state index < -0.39 is 0 Å². The van der Waals surface area contributed by atoms with Gasteiger partial charge in [-0.15, -0.1) is 0 Å². The Morgan fingerprint density at radius 3 is 2.12 bits per heavy atom. The predicted molar refractivity (Wildman–Crippen MR) is 71.5 cm³/mol. The molecular formula is C15H16As. The molecule has 0 unspecified atom stereocenters. The van der Waals surface area contributed by atoms with Crippen molar-refractivity contribution in [3.63, 3.8) is 0 Å². The molecule has 2 rings (SSSR count). The average molecular weight is 271 g/mol. The van der Waals surface area contributed by atoms with Crippen LogP contribution in [0, 0.1) is 13.8 Å². The molecule has 81 valence electrons. The van der Waals surface area contributed by atoms with E-state index in [1.165, 1.54) is 21.9 Å². The summed E-state index contributed by atoms with van der Waals surface area (Å²) >= 11 is 0.261. The standard InChI is InChI=1S/C15H16As/c1-12-7-3-5-9-14(12)11-16-15-10-6-4-8-13(15)2/h3-10H,11H2,1-2H3. The number of hydrogen-bond donors (Lipinski definition) is 0. The van der Waals surface area contributed by atoms with E-state index in [1.807, 2.05) is 0 Å². The maximum atomic E-state index is 2.27. The Bertz CT molecular complexity index is 429. The monoisotopic (exact) mass is 271 g/mol. The van der Waals surface area contributed by atoms with Crippen LogP contribution in [0.4, 0.5) is 0 Å². The minimum absolute atomic E-state index is 0.261. The van der Waals surface area contributed by atoms with Gasteiger partial charge in [-0.25, -0.2) is 0 Å². The van der Waals surface area contributed by atoms with Crippen LogP contribution in [0.2, 0.25) is 0 Å². The molecular weight excluding hydrogens is 255 g/mol. The van der Waals surface area contributed by atoms with E-state index in [1.54, 1.807) is 4.35 Å². The molecule has 1 radical (unpaired) electrons. The van der Waals surface area contributed by atoms with Crippen molar-refractivity contribution in [3.05, 3.63) is 65.2 Å². The topological polar surface area (TPSA) is 0 Å². The second-order valence-electron chi connectivity index (χ2n) is 4.03. The molecule has 0 nitrogen and oxygen atoms in total. The van der Waals surface area contributed by atoms with Gasteiger partial charge in [0.15, 0.2) is 0 Å². The van der Waals surface area contributed by atoms with E-state index >= 15 is 0 Å². The molecule has 0 aliphatic heterocycles. The van der Waals surface area contributed by atoms with Crippen LogP contribution in [0.5, 0.6) is 0 Å². The Morgan fingerprint density at radius 1 is 0.812 bits per heavy atom. The number of rotatable bonds is 3. The van der Waals surface area contributed by atoms with Crippen LogP contribution in [-0.2, 0) is 5.21 Å². The van der Waals surface area contributed by atoms with Crippen LogP contribution in [0.15, 0.2) is 48.5 Å². The third-order valence-corrected chi connectivity index (χ3v) is 5.61. The van der Waals surface area contributed by atoms with Crippen LogP contribution in [0.3, 0.4) is 0 Å². The normalized spacial score (nSPS) is 11.1. The van der Waals surface area contributed by atoms with E-state index in [9.17, 15) is 0 Å². The number of benzene rings is 2. The van der Waals surface area contributed by atoms with Crippen molar-refractivity contribution in [2.75, 3.05) is 0 Å². The zero-order valence-corrected chi connectivity index (χ0v) is 11.6. The first-order chi connectivity index (χ1) is 7.77. The first-order valence-corrected chi connectivity index (χ1v) is 7.81. The fourth-order valence-corrected chi connectivity index (χ4v) is 4.24. The molecule has 0 atom stereocenters. The number of hydrogen-bond acceptors (Lipinski definition) is 0. The second-order valence-corrected chi connectivity index (χ2v) is 6.37. The van der Waals surface area contributed by atoms with Gasteiger partial charge < -0.3 is 0 Å². The minimum atomic E-state index is 0.261. The van der Waals surface area contributed by atoms with Crippen LogP contribution < -0.4 is 4.35 Å². The average Bonchev–Trinajstić information content (AvgIpc) is 2.30. The van der Waals surface area contributed by atoms with Crippen molar-refractivity contribution >= 4 is 20.1 Å². The van der Waals surface area contributed by atoms with E-state index in [4.69, 9.17) is 0 Å². The van der Waals surface area contributed by atoms with Crippen molar-refractivity contribution in [2.24, 2.45) is 0 Å². The van der Waals surface area contributed by atoms with Gasteiger partial charge >= 0.3 is 104 Å². The molecule has 0 aliphatic carbocycles. The summed E-state index contributed by atoms with van der Waals surface area (Å²) in [5.74, 6) is 0. The summed E-state index contributed by atoms with van der Waals surface area (Å²) in [6, 6.07) is 17.5. The Hall–Kier alpha value is -1.00. The molecule has 0 bridgehead atoms. The molecule has 0 amide bonds. The van der Waals surface area contributed by atoms with E-state index in [-0.39, 0.29) is 15.8 Å². The van der Waals surface area contributed by atoms with Crippen molar-refractivity contribution in [2.45, 2.75) is 19.1 Å². The van der Waals surface area contributed by atoms with Gasteiger partial charge in [-0.05, 0) is 0 Å². The fourth-order valence-electron chi connectivity index (χ4n) is 1.70. The summed E-state index contributed by atoms with van der Waals surface area (Å²) < 4.78 is 1.56. The van der Waals surface area contributed by atoms with Gasteiger partial charge in [0.05, 0.1) is 0 Å². The molecule has 0 N–H and O–H groups in total. The van der Waals surface area contributed by atoms with Gasteiger partial charge in [-0.2, -0.15) is 0 Å². The van der Waals surface area contributed by atoms with E-state index in [0.717, 1.165) is 0 Å². The van der Waals surface area contributed by atoms with Gasteiger partial charge in [0.25, 0.3) is 0 Å². The summed E-state index contributed by atoms with van der Waals surface area (Å²) in [6.45, 7) is 4.41. The molecule has 0 fully saturated rings. The first kappa shape index (κ1) is 11.5. The van der Waals surface area contributed by atoms with Crippen LogP contribution in [0.25, 0.3) is 0 Å². The van der Waals surface area contributed by atoms with Gasteiger partial charge in [0.1, 0.15) is 0 Å². The molecule has 2 aromatic carbocycles. The summed E-state index contributed by atoms with van der Waals surface area (Å²) in [7, 11) is 0. The van der Waals surface area contributed by atoms with Gasteiger partial charge in [-0.1, -0.05) is 0 Å². The molecule has 1 heteroatoms. The van der Waals surface area contributed by atoms with Crippen molar-refractivity contribution in [1.29, 1.82) is 0 Å². The molecule has 2 aromatic rings. The SMILES string of the molecule is Cc1ccccc1C[As]c1ccccc1C. The van der Waals surface area contributed by atoms with Crippen LogP contribution >= 0.6 is 0 Å². The molecule has 0 heterocycles. The maximum absolute atomic E-state index is 2.27. The molecule has 0 spiro atoms. The van der Waals surface area contributed by atoms with E-state index in [0.29, 0.717) is 0 Å². The van der Waals surface area contributed by atoms with Crippen molar-refractivity contribution < 1.29 is 0 Å². The third kappa shape index (κ3) is 2.77. The van der Waals surface area contributed by atoms with E-state index in [2.05, 4.69) is 62.4 Å². The third-order valence-electron chi connectivity index (χ3n) is 2.80. The Morgan fingerprint density at radius 2 is 1.44 bits per heavy atom.